The molecule has 1 unspecified atom stereocenters. The van der Waals surface area contributed by atoms with Gasteiger partial charge in [0.2, 0.25) is 10.0 Å². The molecule has 2 rings (SSSR count). The normalized spacial score (nSPS) is 13.9. The number of nitrogens with one attached hydrogen (secondary N) is 1. The van der Waals surface area contributed by atoms with Gasteiger partial charge in [0, 0.05) is 16.5 Å². The number of aromatic hydroxyl groups is 1. The molecule has 0 saturated heterocycles. The van der Waals surface area contributed by atoms with Crippen LogP contribution in [-0.2, 0) is 19.6 Å². The van der Waals surface area contributed by atoms with E-state index >= 15 is 0 Å². The van der Waals surface area contributed by atoms with Gasteiger partial charge in [-0.3, -0.25) is 9.59 Å². The number of ether oxygens (including phenoxy) is 1. The third kappa shape index (κ3) is 6.14. The first-order valence-corrected chi connectivity index (χ1v) is 12.4. The summed E-state index contributed by atoms with van der Waals surface area (Å²) >= 11 is 5.88. The highest BCUT2D eigenvalue weighted by Gasteiger charge is 2.38. The number of carbonyl (C=O) groups excluding carboxylic acids is 2. The van der Waals surface area contributed by atoms with Crippen molar-refractivity contribution in [2.75, 3.05) is 0 Å². The Balaban J connectivity index is 2.68. The maximum atomic E-state index is 14.8. The van der Waals surface area contributed by atoms with Gasteiger partial charge in [-0.05, 0) is 76.4 Å². The summed E-state index contributed by atoms with van der Waals surface area (Å²) in [6, 6.07) is 3.33. The Morgan fingerprint density at radius 2 is 1.76 bits per heavy atom. The van der Waals surface area contributed by atoms with Gasteiger partial charge in [-0.1, -0.05) is 24.6 Å². The fraction of sp³-hybridized carbons (Fsp3) is 0.417. The molecule has 2 aromatic rings. The van der Waals surface area contributed by atoms with E-state index < -0.39 is 55.8 Å². The lowest BCUT2D eigenvalue weighted by atomic mass is 9.88. The number of esters is 1. The topological polar surface area (TPSA) is 110 Å². The second kappa shape index (κ2) is 10.0. The minimum Gasteiger partial charge on any atom is -0.506 e. The summed E-state index contributed by atoms with van der Waals surface area (Å²) in [6.45, 7) is 10.9. The van der Waals surface area contributed by atoms with E-state index in [0.717, 1.165) is 24.6 Å². The fourth-order valence-electron chi connectivity index (χ4n) is 3.60. The second-order valence-corrected chi connectivity index (χ2v) is 11.3. The highest BCUT2D eigenvalue weighted by atomic mass is 35.5. The highest BCUT2D eigenvalue weighted by molar-refractivity contribution is 7.89. The number of hydrogen-bond acceptors (Lipinski definition) is 6. The molecule has 2 N–H and O–H groups in total. The van der Waals surface area contributed by atoms with Crippen LogP contribution < -0.4 is 4.72 Å². The predicted molar refractivity (Wildman–Crippen MR) is 127 cm³/mol. The zero-order valence-corrected chi connectivity index (χ0v) is 21.7. The molecule has 0 aliphatic carbocycles. The number of hydrogen-bond donors (Lipinski definition) is 2. The van der Waals surface area contributed by atoms with Crippen LogP contribution in [0.1, 0.15) is 67.6 Å². The molecule has 10 heteroatoms. The van der Waals surface area contributed by atoms with Gasteiger partial charge < -0.3 is 9.84 Å². The Morgan fingerprint density at radius 1 is 1.18 bits per heavy atom. The van der Waals surface area contributed by atoms with Gasteiger partial charge in [0.25, 0.3) is 0 Å². The Kier molecular flexibility index (Phi) is 8.17. The third-order valence-electron chi connectivity index (χ3n) is 5.31. The first-order chi connectivity index (χ1) is 15.5. The molecule has 2 aromatic carbocycles. The molecule has 0 aliphatic heterocycles. The minimum atomic E-state index is -4.67. The number of sulfonamides is 1. The molecule has 0 aliphatic rings. The lowest BCUT2D eigenvalue weighted by molar-refractivity contribution is -0.157. The van der Waals surface area contributed by atoms with Crippen molar-refractivity contribution in [1.82, 2.24) is 4.72 Å². The van der Waals surface area contributed by atoms with Crippen molar-refractivity contribution in [2.24, 2.45) is 0 Å². The number of phenolic OH excluding ortho intramolecular Hbond substituents is 1. The lowest BCUT2D eigenvalue weighted by Crippen LogP contribution is -2.47. The molecular weight excluding hydrogens is 485 g/mol. The summed E-state index contributed by atoms with van der Waals surface area (Å²) in [5.41, 5.74) is 0.132. The zero-order chi connectivity index (χ0) is 26.2. The number of rotatable bonds is 7. The maximum absolute atomic E-state index is 14.8. The average molecular weight is 514 g/mol. The van der Waals surface area contributed by atoms with Gasteiger partial charge in [0.15, 0.2) is 5.78 Å². The zero-order valence-electron chi connectivity index (χ0n) is 20.1. The van der Waals surface area contributed by atoms with Gasteiger partial charge in [-0.15, -0.1) is 0 Å². The predicted octanol–water partition coefficient (Wildman–Crippen LogP) is 4.80. The average Bonchev–Trinajstić information content (AvgIpc) is 2.66. The quantitative estimate of drug-likeness (QED) is 0.406. The molecular formula is C24H29ClFNO6S. The van der Waals surface area contributed by atoms with Crippen molar-refractivity contribution >= 4 is 33.4 Å². The van der Waals surface area contributed by atoms with Crippen LogP contribution in [0.5, 0.6) is 5.75 Å². The first-order valence-electron chi connectivity index (χ1n) is 10.5. The van der Waals surface area contributed by atoms with Gasteiger partial charge >= 0.3 is 5.97 Å². The first kappa shape index (κ1) is 27.8. The maximum Gasteiger partial charge on any atom is 0.325 e. The number of halogens is 2. The van der Waals surface area contributed by atoms with E-state index in [1.807, 2.05) is 0 Å². The second-order valence-electron chi connectivity index (χ2n) is 9.18. The van der Waals surface area contributed by atoms with Crippen molar-refractivity contribution in [1.29, 1.82) is 0 Å². The molecule has 0 aromatic heterocycles. The molecule has 0 saturated carbocycles. The minimum absolute atomic E-state index is 0.0452. The number of phenols is 1. The Morgan fingerprint density at radius 3 is 2.29 bits per heavy atom. The Hall–Kier alpha value is -2.49. The van der Waals surface area contributed by atoms with Crippen molar-refractivity contribution in [3.63, 3.8) is 0 Å². The van der Waals surface area contributed by atoms with Crippen molar-refractivity contribution in [3.8, 4) is 5.75 Å². The summed E-state index contributed by atoms with van der Waals surface area (Å²) in [4.78, 5) is 24.5. The lowest BCUT2D eigenvalue weighted by Gasteiger charge is -2.29. The van der Waals surface area contributed by atoms with E-state index in [9.17, 15) is 27.5 Å². The monoisotopic (exact) mass is 513 g/mol. The Labute approximate surface area is 204 Å². The summed E-state index contributed by atoms with van der Waals surface area (Å²) in [5, 5.41) is 10.3. The van der Waals surface area contributed by atoms with Gasteiger partial charge in [-0.25, -0.2) is 12.8 Å². The van der Waals surface area contributed by atoms with Gasteiger partial charge in [0.05, 0.1) is 0 Å². The number of ketones is 1. The van der Waals surface area contributed by atoms with Crippen LogP contribution in [0.3, 0.4) is 0 Å². The van der Waals surface area contributed by atoms with Crippen LogP contribution in [0.2, 0.25) is 5.02 Å². The van der Waals surface area contributed by atoms with Crippen molar-refractivity contribution < 1.29 is 32.2 Å². The molecule has 0 bridgehead atoms. The molecule has 186 valence electrons. The van der Waals surface area contributed by atoms with Gasteiger partial charge in [0.1, 0.15) is 28.1 Å². The van der Waals surface area contributed by atoms with E-state index in [-0.39, 0.29) is 16.1 Å². The van der Waals surface area contributed by atoms with Crippen molar-refractivity contribution in [3.05, 3.63) is 57.4 Å². The summed E-state index contributed by atoms with van der Waals surface area (Å²) < 4.78 is 49.3. The molecule has 0 radical (unpaired) electrons. The van der Waals surface area contributed by atoms with E-state index in [1.165, 1.54) is 13.0 Å². The van der Waals surface area contributed by atoms with Crippen LogP contribution in [0, 0.1) is 19.7 Å². The van der Waals surface area contributed by atoms with Crippen LogP contribution in [0.4, 0.5) is 4.39 Å². The van der Waals surface area contributed by atoms with E-state index in [1.54, 1.807) is 40.7 Å². The van der Waals surface area contributed by atoms with Gasteiger partial charge in [-0.2, -0.15) is 4.72 Å². The molecule has 2 atom stereocenters. The van der Waals surface area contributed by atoms with Crippen LogP contribution in [-0.4, -0.2) is 36.9 Å². The summed E-state index contributed by atoms with van der Waals surface area (Å²) in [6.07, 6.45) is 0. The largest absolute Gasteiger partial charge is 0.506 e. The van der Waals surface area contributed by atoms with E-state index in [0.29, 0.717) is 5.56 Å². The molecule has 0 amide bonds. The van der Waals surface area contributed by atoms with E-state index in [4.69, 9.17) is 16.3 Å². The Bertz CT molecular complexity index is 1240. The number of aryl methyl sites for hydroxylation is 1. The molecule has 0 fully saturated rings. The van der Waals surface area contributed by atoms with Crippen LogP contribution >= 0.6 is 11.6 Å². The number of carbonyl (C=O) groups is 2. The van der Waals surface area contributed by atoms with Crippen LogP contribution in [0.15, 0.2) is 29.2 Å². The molecule has 7 nitrogen and oxygen atoms in total. The standard InChI is InChI=1S/C24H29ClFNO6S/c1-12-8-9-18(26)20(13(12)2)14(3)21(23(30)33-24(5,6)7)27-34(31,32)22-17(15(4)28)10-16(25)11-19(22)29/h8-11,14,21,27,29H,1-7H3/t14?,21-/m0/s1. The molecule has 34 heavy (non-hydrogen) atoms. The molecule has 0 heterocycles. The highest BCUT2D eigenvalue weighted by Crippen LogP contribution is 2.34. The molecule has 0 spiro atoms. The van der Waals surface area contributed by atoms with Crippen molar-refractivity contribution in [2.45, 2.75) is 70.9 Å². The summed E-state index contributed by atoms with van der Waals surface area (Å²) in [5.74, 6) is -3.98. The SMILES string of the molecule is CC(=O)c1cc(Cl)cc(O)c1S(=O)(=O)N[C@H](C(=O)OC(C)(C)C)C(C)c1c(F)ccc(C)c1C. The number of benzene rings is 2. The summed E-state index contributed by atoms with van der Waals surface area (Å²) in [7, 11) is -4.67. The third-order valence-corrected chi connectivity index (χ3v) is 7.06. The van der Waals surface area contributed by atoms with Crippen LogP contribution in [0.25, 0.3) is 0 Å². The fourth-order valence-corrected chi connectivity index (χ4v) is 5.39. The smallest absolute Gasteiger partial charge is 0.325 e. The van der Waals surface area contributed by atoms with E-state index in [2.05, 4.69) is 4.72 Å². The number of Topliss-reactive ketones (excluding diaryl/α,β-unsaturated/α-hetero) is 1.